The number of aromatic nitrogens is 6. The molecule has 1 aliphatic heterocycles. The minimum absolute atomic E-state index is 0.0749. The molecule has 0 atom stereocenters. The number of fused-ring (bicyclic) bond motifs is 1. The number of hydrogen-bond donors (Lipinski definition) is 0. The molecule has 0 saturated carbocycles. The van der Waals surface area contributed by atoms with Crippen molar-refractivity contribution in [3.63, 3.8) is 0 Å². The molecule has 0 spiro atoms. The summed E-state index contributed by atoms with van der Waals surface area (Å²) in [5.41, 5.74) is 0.486. The van der Waals surface area contributed by atoms with Gasteiger partial charge in [-0.25, -0.2) is 15.0 Å². The van der Waals surface area contributed by atoms with E-state index in [1.807, 2.05) is 11.5 Å². The van der Waals surface area contributed by atoms with Gasteiger partial charge in [-0.15, -0.1) is 21.5 Å². The maximum absolute atomic E-state index is 12.5. The van der Waals surface area contributed by atoms with Crippen LogP contribution in [-0.2, 0) is 19.7 Å². The van der Waals surface area contributed by atoms with E-state index in [0.29, 0.717) is 37.2 Å². The predicted octanol–water partition coefficient (Wildman–Crippen LogP) is 1.07. The van der Waals surface area contributed by atoms with Gasteiger partial charge in [0, 0.05) is 30.9 Å². The minimum atomic E-state index is -0.0749. The molecule has 128 valence electrons. The summed E-state index contributed by atoms with van der Waals surface area (Å²) >= 11 is 1.47. The van der Waals surface area contributed by atoms with Crippen molar-refractivity contribution in [2.24, 2.45) is 0 Å². The Bertz CT molecular complexity index is 892. The highest BCUT2D eigenvalue weighted by Gasteiger charge is 2.26. The van der Waals surface area contributed by atoms with Gasteiger partial charge in [-0.3, -0.25) is 4.79 Å². The fourth-order valence-electron chi connectivity index (χ4n) is 2.61. The Balaban J connectivity index is 1.44. The molecule has 10 heteroatoms. The average molecular weight is 357 g/mol. The van der Waals surface area contributed by atoms with Gasteiger partial charge in [0.25, 0.3) is 5.91 Å². The third-order valence-electron chi connectivity index (χ3n) is 3.83. The fourth-order valence-corrected chi connectivity index (χ4v) is 3.20. The molecule has 0 aliphatic carbocycles. The summed E-state index contributed by atoms with van der Waals surface area (Å²) in [6.45, 7) is 3.72. The van der Waals surface area contributed by atoms with Crippen LogP contribution in [0.4, 0.5) is 0 Å². The molecule has 0 aromatic carbocycles. The molecular formula is C15H15N7O2S. The SMILES string of the molecule is Cc1nc(C(=O)N2CCn3c(COc4ncccn4)nnc3C2)cs1. The van der Waals surface area contributed by atoms with E-state index in [9.17, 15) is 4.79 Å². The smallest absolute Gasteiger partial charge is 0.316 e. The Morgan fingerprint density at radius 1 is 1.28 bits per heavy atom. The van der Waals surface area contributed by atoms with Crippen molar-refractivity contribution < 1.29 is 9.53 Å². The lowest BCUT2D eigenvalue weighted by atomic mass is 10.3. The van der Waals surface area contributed by atoms with Crippen LogP contribution in [0.25, 0.3) is 0 Å². The quantitative estimate of drug-likeness (QED) is 0.688. The molecule has 3 aromatic heterocycles. The van der Waals surface area contributed by atoms with E-state index in [2.05, 4.69) is 25.1 Å². The van der Waals surface area contributed by atoms with Crippen LogP contribution in [0.3, 0.4) is 0 Å². The molecular weight excluding hydrogens is 342 g/mol. The number of hydrogen-bond acceptors (Lipinski definition) is 8. The second-order valence-corrected chi connectivity index (χ2v) is 6.54. The maximum Gasteiger partial charge on any atom is 0.316 e. The molecule has 25 heavy (non-hydrogen) atoms. The first-order chi connectivity index (χ1) is 12.2. The monoisotopic (exact) mass is 357 g/mol. The molecule has 1 amide bonds. The third-order valence-corrected chi connectivity index (χ3v) is 4.60. The van der Waals surface area contributed by atoms with E-state index in [1.54, 1.807) is 28.7 Å². The Kier molecular flexibility index (Phi) is 4.10. The summed E-state index contributed by atoms with van der Waals surface area (Å²) in [5, 5.41) is 11.0. The first kappa shape index (κ1) is 15.6. The number of carbonyl (C=O) groups is 1. The Morgan fingerprint density at radius 2 is 2.12 bits per heavy atom. The van der Waals surface area contributed by atoms with E-state index in [1.165, 1.54) is 11.3 Å². The second kappa shape index (κ2) is 6.55. The van der Waals surface area contributed by atoms with Crippen LogP contribution < -0.4 is 4.74 Å². The van der Waals surface area contributed by atoms with Crippen LogP contribution in [-0.4, -0.2) is 47.1 Å². The summed E-state index contributed by atoms with van der Waals surface area (Å²) < 4.78 is 7.50. The van der Waals surface area contributed by atoms with Gasteiger partial charge in [-0.05, 0) is 13.0 Å². The van der Waals surface area contributed by atoms with Gasteiger partial charge in [0.05, 0.1) is 11.6 Å². The molecule has 1 aliphatic rings. The van der Waals surface area contributed by atoms with Gasteiger partial charge >= 0.3 is 6.01 Å². The van der Waals surface area contributed by atoms with Crippen molar-refractivity contribution in [2.45, 2.75) is 26.6 Å². The van der Waals surface area contributed by atoms with Crippen LogP contribution in [0, 0.1) is 6.92 Å². The van der Waals surface area contributed by atoms with Crippen molar-refractivity contribution in [2.75, 3.05) is 6.54 Å². The van der Waals surface area contributed by atoms with Crippen LogP contribution in [0.5, 0.6) is 6.01 Å². The Hall–Kier alpha value is -2.88. The van der Waals surface area contributed by atoms with E-state index in [-0.39, 0.29) is 12.5 Å². The normalized spacial score (nSPS) is 13.6. The lowest BCUT2D eigenvalue weighted by Gasteiger charge is -2.27. The van der Waals surface area contributed by atoms with Crippen LogP contribution in [0.15, 0.2) is 23.8 Å². The number of thiazole rings is 1. The largest absolute Gasteiger partial charge is 0.455 e. The molecule has 0 saturated heterocycles. The van der Waals surface area contributed by atoms with Gasteiger partial charge in [-0.1, -0.05) is 0 Å². The maximum atomic E-state index is 12.5. The fraction of sp³-hybridized carbons (Fsp3) is 0.333. The number of ether oxygens (including phenoxy) is 1. The van der Waals surface area contributed by atoms with Crippen LogP contribution in [0.2, 0.25) is 0 Å². The first-order valence-electron chi connectivity index (χ1n) is 7.73. The number of rotatable bonds is 4. The van der Waals surface area contributed by atoms with Gasteiger partial charge in [-0.2, -0.15) is 0 Å². The third kappa shape index (κ3) is 3.20. The zero-order valence-corrected chi connectivity index (χ0v) is 14.3. The first-order valence-corrected chi connectivity index (χ1v) is 8.61. The molecule has 4 rings (SSSR count). The summed E-state index contributed by atoms with van der Waals surface area (Å²) in [6.07, 6.45) is 3.23. The van der Waals surface area contributed by atoms with Crippen molar-refractivity contribution in [3.8, 4) is 6.01 Å². The summed E-state index contributed by atoms with van der Waals surface area (Å²) in [6, 6.07) is 2.02. The second-order valence-electron chi connectivity index (χ2n) is 5.48. The molecule has 9 nitrogen and oxygen atoms in total. The zero-order chi connectivity index (χ0) is 17.2. The van der Waals surface area contributed by atoms with Crippen molar-refractivity contribution in [3.05, 3.63) is 46.2 Å². The topological polar surface area (TPSA) is 98.9 Å². The molecule has 4 heterocycles. The minimum Gasteiger partial charge on any atom is -0.455 e. The zero-order valence-electron chi connectivity index (χ0n) is 13.5. The highest BCUT2D eigenvalue weighted by molar-refractivity contribution is 7.09. The Labute approximate surface area is 147 Å². The predicted molar refractivity (Wildman–Crippen MR) is 88.0 cm³/mol. The lowest BCUT2D eigenvalue weighted by molar-refractivity contribution is 0.0700. The number of carbonyl (C=O) groups excluding carboxylic acids is 1. The molecule has 0 radical (unpaired) electrons. The van der Waals surface area contributed by atoms with Crippen molar-refractivity contribution in [1.29, 1.82) is 0 Å². The van der Waals surface area contributed by atoms with Gasteiger partial charge in [0.1, 0.15) is 5.69 Å². The molecule has 0 bridgehead atoms. The van der Waals surface area contributed by atoms with Gasteiger partial charge in [0.15, 0.2) is 18.3 Å². The molecule has 0 unspecified atom stereocenters. The van der Waals surface area contributed by atoms with E-state index < -0.39 is 0 Å². The van der Waals surface area contributed by atoms with E-state index in [0.717, 1.165) is 10.8 Å². The van der Waals surface area contributed by atoms with E-state index >= 15 is 0 Å². The van der Waals surface area contributed by atoms with Crippen LogP contribution >= 0.6 is 11.3 Å². The highest BCUT2D eigenvalue weighted by atomic mass is 32.1. The average Bonchev–Trinajstić information content (AvgIpc) is 3.26. The number of nitrogens with zero attached hydrogens (tertiary/aromatic N) is 7. The summed E-state index contributed by atoms with van der Waals surface area (Å²) in [4.78, 5) is 26.5. The summed E-state index contributed by atoms with van der Waals surface area (Å²) in [7, 11) is 0. The van der Waals surface area contributed by atoms with Gasteiger partial charge < -0.3 is 14.2 Å². The van der Waals surface area contributed by atoms with Crippen LogP contribution in [0.1, 0.15) is 27.1 Å². The molecule has 3 aromatic rings. The van der Waals surface area contributed by atoms with Crippen molar-refractivity contribution in [1.82, 2.24) is 34.6 Å². The van der Waals surface area contributed by atoms with Crippen molar-refractivity contribution >= 4 is 17.2 Å². The lowest BCUT2D eigenvalue weighted by Crippen LogP contribution is -2.39. The molecule has 0 N–H and O–H groups in total. The molecule has 0 fully saturated rings. The Morgan fingerprint density at radius 3 is 2.88 bits per heavy atom. The number of aryl methyl sites for hydroxylation is 1. The summed E-state index contributed by atoms with van der Waals surface area (Å²) in [5.74, 6) is 1.35. The highest BCUT2D eigenvalue weighted by Crippen LogP contribution is 2.17. The van der Waals surface area contributed by atoms with E-state index in [4.69, 9.17) is 4.74 Å². The number of amides is 1. The standard InChI is InChI=1S/C15H15N7O2S/c1-10-18-11(9-25-10)14(23)21-5-6-22-12(7-21)19-20-13(22)8-24-15-16-3-2-4-17-15/h2-4,9H,5-8H2,1H3. The van der Waals surface area contributed by atoms with Gasteiger partial charge in [0.2, 0.25) is 0 Å².